The second kappa shape index (κ2) is 6.73. The van der Waals surface area contributed by atoms with Crippen LogP contribution in [0.3, 0.4) is 0 Å². The van der Waals surface area contributed by atoms with Gasteiger partial charge < -0.3 is 5.11 Å². The number of hydrogen-bond acceptors (Lipinski definition) is 2. The highest BCUT2D eigenvalue weighted by Crippen LogP contribution is 2.76. The summed E-state index contributed by atoms with van der Waals surface area (Å²) in [5.74, 6) is 3.35. The first kappa shape index (κ1) is 23.1. The number of hydrogen-bond donors (Lipinski definition) is 1. The predicted octanol–water partition coefficient (Wildman–Crippen LogP) is 7.20. The highest BCUT2D eigenvalue weighted by atomic mass is 16.3. The van der Waals surface area contributed by atoms with Gasteiger partial charge in [-0.3, -0.25) is 4.79 Å². The molecule has 0 saturated heterocycles. The summed E-state index contributed by atoms with van der Waals surface area (Å²) >= 11 is 0. The molecule has 5 aliphatic carbocycles. The van der Waals surface area contributed by atoms with Gasteiger partial charge in [-0.25, -0.2) is 0 Å². The van der Waals surface area contributed by atoms with Crippen LogP contribution in [-0.4, -0.2) is 17.0 Å². The Hall–Kier alpha value is -0.630. The maximum absolute atomic E-state index is 13.3. The van der Waals surface area contributed by atoms with Gasteiger partial charge in [0.05, 0.1) is 6.10 Å². The van der Waals surface area contributed by atoms with Crippen molar-refractivity contribution in [3.8, 4) is 0 Å². The third kappa shape index (κ3) is 2.55. The standard InChI is InChI=1S/C30H48O2/c1-18-17-24(32)28(6)15-16-29(7)20(25(28)19(18)2)9-10-22-27(5)13-12-23(31)26(3,4)21(27)11-14-30(22,29)8/h19-23,25,31H,1,9-17H2,2-8H3/t19-,20-,21+,22-,23+,25-,27+,28+,29-,30-/m1/s1. The molecule has 0 unspecified atom stereocenters. The van der Waals surface area contributed by atoms with E-state index in [0.717, 1.165) is 18.8 Å². The van der Waals surface area contributed by atoms with Gasteiger partial charge in [0.25, 0.3) is 0 Å². The highest BCUT2D eigenvalue weighted by molar-refractivity contribution is 5.88. The molecule has 0 aliphatic heterocycles. The van der Waals surface area contributed by atoms with Crippen LogP contribution in [-0.2, 0) is 4.79 Å². The molecule has 0 aromatic heterocycles. The van der Waals surface area contributed by atoms with Gasteiger partial charge in [-0.2, -0.15) is 0 Å². The lowest BCUT2D eigenvalue weighted by Gasteiger charge is -2.73. The minimum atomic E-state index is -0.160. The first-order valence-electron chi connectivity index (χ1n) is 13.6. The number of ketones is 1. The van der Waals surface area contributed by atoms with Gasteiger partial charge >= 0.3 is 0 Å². The van der Waals surface area contributed by atoms with Crippen LogP contribution in [0.1, 0.15) is 106 Å². The molecule has 1 N–H and O–H groups in total. The first-order valence-corrected chi connectivity index (χ1v) is 13.6. The van der Waals surface area contributed by atoms with E-state index in [-0.39, 0.29) is 16.9 Å². The molecule has 32 heavy (non-hydrogen) atoms. The minimum Gasteiger partial charge on any atom is -0.393 e. The monoisotopic (exact) mass is 440 g/mol. The first-order chi connectivity index (χ1) is 14.7. The zero-order chi connectivity index (χ0) is 23.5. The summed E-state index contributed by atoms with van der Waals surface area (Å²) < 4.78 is 0. The molecule has 0 aromatic carbocycles. The van der Waals surface area contributed by atoms with Crippen molar-refractivity contribution >= 4 is 5.78 Å². The number of allylic oxidation sites excluding steroid dienone is 1. The molecule has 0 bridgehead atoms. The molecule has 180 valence electrons. The molecule has 0 radical (unpaired) electrons. The SMILES string of the molecule is C=C1CC(=O)[C@]2(C)CC[C@]3(C)[C@H](CC[C@@H]4[C@@]5(C)CC[C@H](O)C(C)(C)[C@@H]5CC[C@]43C)[C@H]2[C@@H]1C. The van der Waals surface area contributed by atoms with E-state index >= 15 is 0 Å². The van der Waals surface area contributed by atoms with Crippen molar-refractivity contribution in [1.82, 2.24) is 0 Å². The van der Waals surface area contributed by atoms with Crippen molar-refractivity contribution in [3.63, 3.8) is 0 Å². The lowest BCUT2D eigenvalue weighted by molar-refractivity contribution is -0.249. The number of aliphatic hydroxyl groups is 1. The highest BCUT2D eigenvalue weighted by Gasteiger charge is 2.70. The van der Waals surface area contributed by atoms with Gasteiger partial charge in [0.2, 0.25) is 0 Å². The van der Waals surface area contributed by atoms with Crippen molar-refractivity contribution < 1.29 is 9.90 Å². The molecule has 2 nitrogen and oxygen atoms in total. The van der Waals surface area contributed by atoms with E-state index in [9.17, 15) is 9.90 Å². The van der Waals surface area contributed by atoms with Crippen molar-refractivity contribution in [2.24, 2.45) is 56.7 Å². The van der Waals surface area contributed by atoms with E-state index in [2.05, 4.69) is 55.0 Å². The number of aliphatic hydroxyl groups excluding tert-OH is 1. The maximum atomic E-state index is 13.3. The molecule has 0 aromatic rings. The van der Waals surface area contributed by atoms with E-state index in [1.165, 1.54) is 44.1 Å². The second-order valence-electron chi connectivity index (χ2n) is 14.5. The van der Waals surface area contributed by atoms with Crippen LogP contribution >= 0.6 is 0 Å². The van der Waals surface area contributed by atoms with E-state index in [4.69, 9.17) is 0 Å². The molecule has 0 spiro atoms. The normalized spacial score (nSPS) is 57.1. The Morgan fingerprint density at radius 1 is 0.844 bits per heavy atom. The lowest BCUT2D eigenvalue weighted by atomic mass is 9.31. The summed E-state index contributed by atoms with van der Waals surface area (Å²) in [5, 5.41) is 10.9. The Morgan fingerprint density at radius 2 is 1.53 bits per heavy atom. The molecule has 0 heterocycles. The lowest BCUT2D eigenvalue weighted by Crippen LogP contribution is -2.67. The van der Waals surface area contributed by atoms with Crippen molar-refractivity contribution in [2.75, 3.05) is 0 Å². The van der Waals surface area contributed by atoms with Crippen LogP contribution < -0.4 is 0 Å². The van der Waals surface area contributed by atoms with Crippen molar-refractivity contribution in [1.29, 1.82) is 0 Å². The zero-order valence-electron chi connectivity index (χ0n) is 21.9. The van der Waals surface area contributed by atoms with Crippen LogP contribution in [0.15, 0.2) is 12.2 Å². The number of fused-ring (bicyclic) bond motifs is 7. The largest absolute Gasteiger partial charge is 0.393 e. The zero-order valence-corrected chi connectivity index (χ0v) is 21.9. The molecular weight excluding hydrogens is 392 g/mol. The molecule has 5 fully saturated rings. The van der Waals surface area contributed by atoms with Gasteiger partial charge in [-0.15, -0.1) is 0 Å². The molecule has 10 atom stereocenters. The molecule has 5 saturated carbocycles. The molecular formula is C30H48O2. The van der Waals surface area contributed by atoms with Crippen LogP contribution in [0.4, 0.5) is 0 Å². The second-order valence-corrected chi connectivity index (χ2v) is 14.5. The van der Waals surface area contributed by atoms with Crippen LogP contribution in [0.5, 0.6) is 0 Å². The number of Topliss-reactive ketones (excluding diaryl/α,β-unsaturated/α-hetero) is 1. The van der Waals surface area contributed by atoms with Crippen LogP contribution in [0.2, 0.25) is 0 Å². The Bertz CT molecular complexity index is 842. The summed E-state index contributed by atoms with van der Waals surface area (Å²) in [6.45, 7) is 21.6. The number of carbonyl (C=O) groups excluding carboxylic acids is 1. The maximum Gasteiger partial charge on any atom is 0.143 e. The molecule has 0 amide bonds. The van der Waals surface area contributed by atoms with E-state index < -0.39 is 0 Å². The topological polar surface area (TPSA) is 37.3 Å². The van der Waals surface area contributed by atoms with E-state index in [1.54, 1.807) is 0 Å². The van der Waals surface area contributed by atoms with Crippen LogP contribution in [0.25, 0.3) is 0 Å². The summed E-state index contributed by atoms with van der Waals surface area (Å²) in [6.07, 6.45) is 9.95. The van der Waals surface area contributed by atoms with Gasteiger partial charge in [0.1, 0.15) is 5.78 Å². The molecule has 5 rings (SSSR count). The average molecular weight is 441 g/mol. The average Bonchev–Trinajstić information content (AvgIpc) is 2.71. The number of carbonyl (C=O) groups is 1. The summed E-state index contributed by atoms with van der Waals surface area (Å²) in [6, 6.07) is 0. The van der Waals surface area contributed by atoms with Crippen LogP contribution in [0, 0.1) is 56.7 Å². The Kier molecular flexibility index (Phi) is 4.87. The third-order valence-electron chi connectivity index (χ3n) is 13.5. The summed E-state index contributed by atoms with van der Waals surface area (Å²) in [4.78, 5) is 13.3. The van der Waals surface area contributed by atoms with Crippen molar-refractivity contribution in [3.05, 3.63) is 12.2 Å². The van der Waals surface area contributed by atoms with Gasteiger partial charge in [0.15, 0.2) is 0 Å². The van der Waals surface area contributed by atoms with Gasteiger partial charge in [0, 0.05) is 11.8 Å². The fourth-order valence-corrected chi connectivity index (χ4v) is 11.2. The molecule has 5 aliphatic rings. The van der Waals surface area contributed by atoms with Crippen molar-refractivity contribution in [2.45, 2.75) is 112 Å². The smallest absolute Gasteiger partial charge is 0.143 e. The number of rotatable bonds is 0. The van der Waals surface area contributed by atoms with E-state index in [1.807, 2.05) is 0 Å². The molecule has 2 heteroatoms. The predicted molar refractivity (Wildman–Crippen MR) is 131 cm³/mol. The van der Waals surface area contributed by atoms with Gasteiger partial charge in [-0.05, 0) is 103 Å². The summed E-state index contributed by atoms with van der Waals surface area (Å²) in [5.41, 5.74) is 1.99. The third-order valence-corrected chi connectivity index (χ3v) is 13.5. The van der Waals surface area contributed by atoms with E-state index in [0.29, 0.717) is 52.1 Å². The summed E-state index contributed by atoms with van der Waals surface area (Å²) in [7, 11) is 0. The fourth-order valence-electron chi connectivity index (χ4n) is 11.2. The fraction of sp³-hybridized carbons (Fsp3) is 0.900. The Balaban J connectivity index is 1.56. The Labute approximate surface area is 197 Å². The van der Waals surface area contributed by atoms with Gasteiger partial charge in [-0.1, -0.05) is 60.6 Å². The quantitative estimate of drug-likeness (QED) is 0.404. The minimum absolute atomic E-state index is 0.0132. The Morgan fingerprint density at radius 3 is 2.22 bits per heavy atom.